The number of hydrogen-bond donors (Lipinski definition) is 0. The van der Waals surface area contributed by atoms with Gasteiger partial charge in [0.2, 0.25) is 0 Å². The van der Waals surface area contributed by atoms with E-state index in [2.05, 4.69) is 6.58 Å². The summed E-state index contributed by atoms with van der Waals surface area (Å²) >= 11 is 6.19. The average molecular weight is 291 g/mol. The lowest BCUT2D eigenvalue weighted by Crippen LogP contribution is -2.09. The summed E-state index contributed by atoms with van der Waals surface area (Å²) in [4.78, 5) is 11.7. The van der Waals surface area contributed by atoms with Crippen LogP contribution in [0.5, 0.6) is 11.5 Å². The maximum atomic E-state index is 11.7. The molecule has 104 valence electrons. The molecule has 0 N–H and O–H groups in total. The van der Waals surface area contributed by atoms with Crippen LogP contribution in [0.4, 0.5) is 0 Å². The highest BCUT2D eigenvalue weighted by atomic mass is 35.5. The van der Waals surface area contributed by atoms with Crippen molar-refractivity contribution in [3.63, 3.8) is 0 Å². The van der Waals surface area contributed by atoms with Gasteiger partial charge in [0.05, 0.1) is 12.1 Å². The summed E-state index contributed by atoms with van der Waals surface area (Å²) in [6.45, 7) is 7.14. The van der Waals surface area contributed by atoms with Gasteiger partial charge in [-0.1, -0.05) is 35.9 Å². The third-order valence-electron chi connectivity index (χ3n) is 2.92. The molecular weight excluding hydrogens is 276 g/mol. The number of esters is 1. The summed E-state index contributed by atoms with van der Waals surface area (Å²) in [6, 6.07) is 7.39. The highest BCUT2D eigenvalue weighted by Crippen LogP contribution is 2.40. The molecule has 0 aliphatic heterocycles. The van der Waals surface area contributed by atoms with Gasteiger partial charge >= 0.3 is 5.97 Å². The van der Waals surface area contributed by atoms with Gasteiger partial charge < -0.3 is 9.47 Å². The zero-order valence-corrected chi connectivity index (χ0v) is 12.4. The number of fused-ring (bicyclic) bond motifs is 1. The van der Waals surface area contributed by atoms with Crippen LogP contribution in [0.2, 0.25) is 5.02 Å². The summed E-state index contributed by atoms with van der Waals surface area (Å²) < 4.78 is 10.7. The largest absolute Gasteiger partial charge is 0.496 e. The first-order chi connectivity index (χ1) is 9.43. The molecule has 2 rings (SSSR count). The quantitative estimate of drug-likeness (QED) is 0.480. The Balaban J connectivity index is 2.68. The van der Waals surface area contributed by atoms with Crippen LogP contribution in [0.15, 0.2) is 36.4 Å². The standard InChI is InChI=1S/C16H15ClO3/c1-9(2)16(18)20-15-11-6-5-10(3)7-12(11)14(19-4)8-13(15)17/h5-8H,1H2,2-4H3. The highest BCUT2D eigenvalue weighted by molar-refractivity contribution is 6.34. The van der Waals surface area contributed by atoms with E-state index in [4.69, 9.17) is 21.1 Å². The minimum atomic E-state index is -0.501. The van der Waals surface area contributed by atoms with E-state index in [1.54, 1.807) is 20.1 Å². The van der Waals surface area contributed by atoms with Crippen molar-refractivity contribution >= 4 is 28.3 Å². The van der Waals surface area contributed by atoms with E-state index in [1.807, 2.05) is 25.1 Å². The van der Waals surface area contributed by atoms with Crippen LogP contribution < -0.4 is 9.47 Å². The smallest absolute Gasteiger partial charge is 0.338 e. The van der Waals surface area contributed by atoms with E-state index in [1.165, 1.54) is 0 Å². The molecule has 0 atom stereocenters. The molecule has 0 aliphatic rings. The second-order valence-corrected chi connectivity index (χ2v) is 5.02. The molecule has 2 aromatic carbocycles. The lowest BCUT2D eigenvalue weighted by molar-refractivity contribution is -0.129. The Hall–Kier alpha value is -2.00. The van der Waals surface area contributed by atoms with Gasteiger partial charge in [-0.3, -0.25) is 0 Å². The van der Waals surface area contributed by atoms with E-state index >= 15 is 0 Å². The minimum absolute atomic E-state index is 0.317. The molecule has 4 heteroatoms. The summed E-state index contributed by atoms with van der Waals surface area (Å²) in [5.41, 5.74) is 1.40. The monoisotopic (exact) mass is 290 g/mol. The van der Waals surface area contributed by atoms with Crippen molar-refractivity contribution < 1.29 is 14.3 Å². The molecule has 0 aliphatic carbocycles. The summed E-state index contributed by atoms with van der Waals surface area (Å²) in [6.07, 6.45) is 0. The van der Waals surface area contributed by atoms with Crippen LogP contribution in [-0.4, -0.2) is 13.1 Å². The summed E-state index contributed by atoms with van der Waals surface area (Å²) in [5, 5.41) is 1.91. The third-order valence-corrected chi connectivity index (χ3v) is 3.20. The van der Waals surface area contributed by atoms with E-state index in [0.717, 1.165) is 16.3 Å². The SMILES string of the molecule is C=C(C)C(=O)Oc1c(Cl)cc(OC)c2cc(C)ccc12. The lowest BCUT2D eigenvalue weighted by Gasteiger charge is -2.13. The molecule has 0 fully saturated rings. The Morgan fingerprint density at radius 2 is 1.95 bits per heavy atom. The highest BCUT2D eigenvalue weighted by Gasteiger charge is 2.16. The molecule has 0 aromatic heterocycles. The van der Waals surface area contributed by atoms with Gasteiger partial charge in [-0.25, -0.2) is 4.79 Å². The van der Waals surface area contributed by atoms with Crippen molar-refractivity contribution in [1.82, 2.24) is 0 Å². The number of rotatable bonds is 3. The Morgan fingerprint density at radius 3 is 2.55 bits per heavy atom. The molecule has 0 radical (unpaired) electrons. The number of ether oxygens (including phenoxy) is 2. The minimum Gasteiger partial charge on any atom is -0.496 e. The van der Waals surface area contributed by atoms with Crippen molar-refractivity contribution in [3.8, 4) is 11.5 Å². The summed E-state index contributed by atoms with van der Waals surface area (Å²) in [5.74, 6) is 0.471. The van der Waals surface area contributed by atoms with Gasteiger partial charge in [-0.05, 0) is 19.9 Å². The first kappa shape index (κ1) is 14.4. The number of hydrogen-bond acceptors (Lipinski definition) is 3. The van der Waals surface area contributed by atoms with Gasteiger partial charge in [0, 0.05) is 22.4 Å². The van der Waals surface area contributed by atoms with E-state index in [9.17, 15) is 4.79 Å². The Kier molecular flexibility index (Phi) is 4.00. The van der Waals surface area contributed by atoms with E-state index in [-0.39, 0.29) is 0 Å². The first-order valence-electron chi connectivity index (χ1n) is 6.08. The van der Waals surface area contributed by atoms with Crippen molar-refractivity contribution in [3.05, 3.63) is 47.0 Å². The maximum absolute atomic E-state index is 11.7. The molecule has 3 nitrogen and oxygen atoms in total. The number of halogens is 1. The predicted octanol–water partition coefficient (Wildman–Crippen LogP) is 4.29. The van der Waals surface area contributed by atoms with Gasteiger partial charge in [0.15, 0.2) is 5.75 Å². The van der Waals surface area contributed by atoms with Crippen LogP contribution in [0, 0.1) is 6.92 Å². The second kappa shape index (κ2) is 5.55. The third kappa shape index (κ3) is 2.63. The van der Waals surface area contributed by atoms with Crippen molar-refractivity contribution in [2.45, 2.75) is 13.8 Å². The fraction of sp³-hybridized carbons (Fsp3) is 0.188. The molecule has 2 aromatic rings. The normalized spacial score (nSPS) is 10.4. The number of carbonyl (C=O) groups is 1. The van der Waals surface area contributed by atoms with Gasteiger partial charge in [0.1, 0.15) is 5.75 Å². The Bertz CT molecular complexity index is 704. The first-order valence-corrected chi connectivity index (χ1v) is 6.46. The molecule has 0 spiro atoms. The van der Waals surface area contributed by atoms with Crippen molar-refractivity contribution in [2.75, 3.05) is 7.11 Å². The van der Waals surface area contributed by atoms with Gasteiger partial charge in [0.25, 0.3) is 0 Å². The van der Waals surface area contributed by atoms with Crippen LogP contribution >= 0.6 is 11.6 Å². The number of benzene rings is 2. The van der Waals surface area contributed by atoms with Crippen LogP contribution in [-0.2, 0) is 4.79 Å². The molecule has 0 saturated carbocycles. The lowest BCUT2D eigenvalue weighted by atomic mass is 10.1. The van der Waals surface area contributed by atoms with E-state index < -0.39 is 5.97 Å². The Morgan fingerprint density at radius 1 is 1.25 bits per heavy atom. The van der Waals surface area contributed by atoms with Crippen LogP contribution in [0.25, 0.3) is 10.8 Å². The zero-order valence-electron chi connectivity index (χ0n) is 11.6. The molecule has 20 heavy (non-hydrogen) atoms. The molecular formula is C16H15ClO3. The number of methoxy groups -OCH3 is 1. The second-order valence-electron chi connectivity index (χ2n) is 4.61. The predicted molar refractivity (Wildman–Crippen MR) is 80.7 cm³/mol. The van der Waals surface area contributed by atoms with Gasteiger partial charge in [-0.2, -0.15) is 0 Å². The topological polar surface area (TPSA) is 35.5 Å². The molecule has 0 unspecified atom stereocenters. The fourth-order valence-corrected chi connectivity index (χ4v) is 2.14. The Labute approximate surface area is 122 Å². The van der Waals surface area contributed by atoms with Crippen molar-refractivity contribution in [1.29, 1.82) is 0 Å². The summed E-state index contributed by atoms with van der Waals surface area (Å²) in [7, 11) is 1.58. The fourth-order valence-electron chi connectivity index (χ4n) is 1.90. The zero-order chi connectivity index (χ0) is 14.9. The molecule has 0 heterocycles. The molecule has 0 saturated heterocycles. The molecule has 0 amide bonds. The van der Waals surface area contributed by atoms with Crippen LogP contribution in [0.1, 0.15) is 12.5 Å². The average Bonchev–Trinajstić information content (AvgIpc) is 2.41. The van der Waals surface area contributed by atoms with Crippen molar-refractivity contribution in [2.24, 2.45) is 0 Å². The number of carbonyl (C=O) groups excluding carboxylic acids is 1. The maximum Gasteiger partial charge on any atom is 0.338 e. The van der Waals surface area contributed by atoms with Gasteiger partial charge in [-0.15, -0.1) is 0 Å². The van der Waals surface area contributed by atoms with E-state index in [0.29, 0.717) is 22.1 Å². The van der Waals surface area contributed by atoms with Crippen LogP contribution in [0.3, 0.4) is 0 Å². The molecule has 0 bridgehead atoms. The number of aryl methyl sites for hydroxylation is 1.